The Bertz CT molecular complexity index is 390. The first-order valence-corrected chi connectivity index (χ1v) is 8.38. The van der Waals surface area contributed by atoms with E-state index in [1.807, 2.05) is 0 Å². The van der Waals surface area contributed by atoms with Crippen LogP contribution in [0.5, 0.6) is 0 Å². The zero-order chi connectivity index (χ0) is 12.4. The molecule has 1 aliphatic carbocycles. The molecular weight excluding hydrogens is 242 g/mol. The Hall–Kier alpha value is -0.640. The Balaban J connectivity index is 1.75. The first-order chi connectivity index (χ1) is 8.83. The van der Waals surface area contributed by atoms with E-state index in [9.17, 15) is 0 Å². The van der Waals surface area contributed by atoms with Crippen LogP contribution >= 0.6 is 11.8 Å². The number of anilines is 1. The molecule has 1 saturated carbocycles. The van der Waals surface area contributed by atoms with Gasteiger partial charge in [0.05, 0.1) is 5.69 Å². The number of aromatic nitrogens is 2. The van der Waals surface area contributed by atoms with Gasteiger partial charge in [-0.2, -0.15) is 11.8 Å². The van der Waals surface area contributed by atoms with Gasteiger partial charge in [-0.25, -0.2) is 4.98 Å². The highest BCUT2D eigenvalue weighted by Gasteiger charge is 2.22. The predicted molar refractivity (Wildman–Crippen MR) is 78.4 cm³/mol. The molecule has 3 rings (SSSR count). The molecule has 0 amide bonds. The lowest BCUT2D eigenvalue weighted by Gasteiger charge is -2.25. The second-order valence-corrected chi connectivity index (χ2v) is 6.76. The lowest BCUT2D eigenvalue weighted by molar-refractivity contribution is 0.500. The number of nitrogens with zero attached hydrogens (tertiary/aromatic N) is 2. The molecule has 1 unspecified atom stereocenters. The van der Waals surface area contributed by atoms with Crippen molar-refractivity contribution in [3.63, 3.8) is 0 Å². The van der Waals surface area contributed by atoms with Crippen molar-refractivity contribution < 1.29 is 0 Å². The quantitative estimate of drug-likeness (QED) is 0.905. The SMILES string of the molecule is Cc1cn(C2CCCSC2)c(NC2CCCC2)n1. The molecule has 1 N–H and O–H groups in total. The number of rotatable bonds is 3. The average molecular weight is 265 g/mol. The van der Waals surface area contributed by atoms with Crippen molar-refractivity contribution in [1.29, 1.82) is 0 Å². The van der Waals surface area contributed by atoms with E-state index in [1.165, 1.54) is 50.0 Å². The normalized spacial score (nSPS) is 25.5. The molecule has 2 aliphatic rings. The summed E-state index contributed by atoms with van der Waals surface area (Å²) in [5.41, 5.74) is 1.14. The highest BCUT2D eigenvalue weighted by atomic mass is 32.2. The standard InChI is InChI=1S/C14H23N3S/c1-11-9-17(13-7-4-8-18-10-13)14(15-11)16-12-5-2-3-6-12/h9,12-13H,2-8,10H2,1H3,(H,15,16). The second-order valence-electron chi connectivity index (χ2n) is 5.61. The molecule has 4 heteroatoms. The first kappa shape index (κ1) is 12.4. The average Bonchev–Trinajstić information content (AvgIpc) is 3.01. The number of nitrogens with one attached hydrogen (secondary N) is 1. The molecule has 0 spiro atoms. The van der Waals surface area contributed by atoms with Crippen molar-refractivity contribution in [2.45, 2.75) is 57.5 Å². The Morgan fingerprint density at radius 3 is 2.83 bits per heavy atom. The van der Waals surface area contributed by atoms with Gasteiger partial charge in [0, 0.05) is 24.0 Å². The van der Waals surface area contributed by atoms with E-state index >= 15 is 0 Å². The molecular formula is C14H23N3S. The summed E-state index contributed by atoms with van der Waals surface area (Å²) in [6, 6.07) is 1.30. The second kappa shape index (κ2) is 5.55. The minimum Gasteiger partial charge on any atom is -0.353 e. The van der Waals surface area contributed by atoms with Crippen molar-refractivity contribution in [2.75, 3.05) is 16.8 Å². The lowest BCUT2D eigenvalue weighted by Crippen LogP contribution is -2.22. The molecule has 0 aromatic carbocycles. The van der Waals surface area contributed by atoms with Crippen molar-refractivity contribution in [3.05, 3.63) is 11.9 Å². The maximum absolute atomic E-state index is 4.69. The van der Waals surface area contributed by atoms with E-state index in [2.05, 4.69) is 34.8 Å². The highest BCUT2D eigenvalue weighted by molar-refractivity contribution is 7.99. The fourth-order valence-corrected chi connectivity index (χ4v) is 4.23. The van der Waals surface area contributed by atoms with Crippen LogP contribution in [0.2, 0.25) is 0 Å². The molecule has 2 fully saturated rings. The van der Waals surface area contributed by atoms with Gasteiger partial charge in [0.1, 0.15) is 0 Å². The van der Waals surface area contributed by atoms with Crippen LogP contribution in [-0.2, 0) is 0 Å². The molecule has 1 aliphatic heterocycles. The zero-order valence-corrected chi connectivity index (χ0v) is 12.0. The van der Waals surface area contributed by atoms with Crippen molar-refractivity contribution in [3.8, 4) is 0 Å². The highest BCUT2D eigenvalue weighted by Crippen LogP contribution is 2.30. The van der Waals surface area contributed by atoms with Crippen LogP contribution in [0.4, 0.5) is 5.95 Å². The van der Waals surface area contributed by atoms with Gasteiger partial charge in [-0.05, 0) is 38.4 Å². The molecule has 1 saturated heterocycles. The summed E-state index contributed by atoms with van der Waals surface area (Å²) in [6.07, 6.45) is 10.2. The van der Waals surface area contributed by atoms with E-state index in [4.69, 9.17) is 4.98 Å². The van der Waals surface area contributed by atoms with Gasteiger partial charge in [-0.3, -0.25) is 0 Å². The topological polar surface area (TPSA) is 29.9 Å². The Morgan fingerprint density at radius 1 is 1.28 bits per heavy atom. The molecule has 100 valence electrons. The molecule has 1 aromatic rings. The molecule has 2 heterocycles. The van der Waals surface area contributed by atoms with Crippen LogP contribution in [0, 0.1) is 6.92 Å². The van der Waals surface area contributed by atoms with Gasteiger partial charge < -0.3 is 9.88 Å². The van der Waals surface area contributed by atoms with Crippen LogP contribution in [0.15, 0.2) is 6.20 Å². The van der Waals surface area contributed by atoms with Crippen molar-refractivity contribution >= 4 is 17.7 Å². The lowest BCUT2D eigenvalue weighted by atomic mass is 10.2. The van der Waals surface area contributed by atoms with Gasteiger partial charge in [0.15, 0.2) is 0 Å². The molecule has 3 nitrogen and oxygen atoms in total. The minimum absolute atomic E-state index is 0.647. The summed E-state index contributed by atoms with van der Waals surface area (Å²) in [7, 11) is 0. The third-order valence-electron chi connectivity index (χ3n) is 4.07. The first-order valence-electron chi connectivity index (χ1n) is 7.22. The predicted octanol–water partition coefficient (Wildman–Crippen LogP) is 3.61. The van der Waals surface area contributed by atoms with Gasteiger partial charge in [-0.15, -0.1) is 0 Å². The van der Waals surface area contributed by atoms with Gasteiger partial charge >= 0.3 is 0 Å². The van der Waals surface area contributed by atoms with Crippen molar-refractivity contribution in [1.82, 2.24) is 9.55 Å². The number of hydrogen-bond acceptors (Lipinski definition) is 3. The summed E-state index contributed by atoms with van der Waals surface area (Å²) in [6.45, 7) is 2.10. The molecule has 0 bridgehead atoms. The van der Waals surface area contributed by atoms with Crippen LogP contribution in [-0.4, -0.2) is 27.1 Å². The van der Waals surface area contributed by atoms with Crippen LogP contribution in [0.25, 0.3) is 0 Å². The third kappa shape index (κ3) is 2.68. The molecule has 0 radical (unpaired) electrons. The van der Waals surface area contributed by atoms with Crippen LogP contribution in [0.3, 0.4) is 0 Å². The number of hydrogen-bond donors (Lipinski definition) is 1. The summed E-state index contributed by atoms with van der Waals surface area (Å²) >= 11 is 2.08. The molecule has 1 atom stereocenters. The van der Waals surface area contributed by atoms with Gasteiger partial charge in [0.2, 0.25) is 5.95 Å². The minimum atomic E-state index is 0.647. The fraction of sp³-hybridized carbons (Fsp3) is 0.786. The molecule has 18 heavy (non-hydrogen) atoms. The third-order valence-corrected chi connectivity index (χ3v) is 5.27. The Kier molecular flexibility index (Phi) is 3.83. The van der Waals surface area contributed by atoms with Crippen LogP contribution < -0.4 is 5.32 Å². The van der Waals surface area contributed by atoms with Gasteiger partial charge in [-0.1, -0.05) is 12.8 Å². The fourth-order valence-electron chi connectivity index (χ4n) is 3.10. The summed E-state index contributed by atoms with van der Waals surface area (Å²) in [5, 5.41) is 3.67. The van der Waals surface area contributed by atoms with Crippen molar-refractivity contribution in [2.24, 2.45) is 0 Å². The van der Waals surface area contributed by atoms with Gasteiger partial charge in [0.25, 0.3) is 0 Å². The van der Waals surface area contributed by atoms with E-state index in [-0.39, 0.29) is 0 Å². The number of aryl methyl sites for hydroxylation is 1. The zero-order valence-electron chi connectivity index (χ0n) is 11.2. The monoisotopic (exact) mass is 265 g/mol. The smallest absolute Gasteiger partial charge is 0.203 e. The largest absolute Gasteiger partial charge is 0.353 e. The number of thioether (sulfide) groups is 1. The Morgan fingerprint density at radius 2 is 2.11 bits per heavy atom. The number of imidazole rings is 1. The summed E-state index contributed by atoms with van der Waals surface area (Å²) in [4.78, 5) is 4.69. The summed E-state index contributed by atoms with van der Waals surface area (Å²) in [5.74, 6) is 3.69. The maximum Gasteiger partial charge on any atom is 0.203 e. The summed E-state index contributed by atoms with van der Waals surface area (Å²) < 4.78 is 2.40. The maximum atomic E-state index is 4.69. The van der Waals surface area contributed by atoms with E-state index in [0.717, 1.165) is 11.6 Å². The van der Waals surface area contributed by atoms with E-state index < -0.39 is 0 Å². The Labute approximate surface area is 114 Å². The van der Waals surface area contributed by atoms with Crippen LogP contribution in [0.1, 0.15) is 50.3 Å². The van der Waals surface area contributed by atoms with E-state index in [1.54, 1.807) is 0 Å². The van der Waals surface area contributed by atoms with E-state index in [0.29, 0.717) is 12.1 Å². The molecule has 1 aromatic heterocycles.